The minimum atomic E-state index is 0.720. The zero-order chi connectivity index (χ0) is 14.7. The van der Waals surface area contributed by atoms with Crippen LogP contribution in [-0.4, -0.2) is 17.0 Å². The normalized spacial score (nSPS) is 10.4. The molecule has 3 aromatic rings. The van der Waals surface area contributed by atoms with Gasteiger partial charge in [0, 0.05) is 28.7 Å². The van der Waals surface area contributed by atoms with Gasteiger partial charge in [0.25, 0.3) is 0 Å². The molecule has 1 N–H and O–H groups in total. The minimum absolute atomic E-state index is 0.720. The first-order chi connectivity index (χ1) is 10.3. The van der Waals surface area contributed by atoms with Crippen LogP contribution in [0.3, 0.4) is 0 Å². The molecule has 104 valence electrons. The van der Waals surface area contributed by atoms with Crippen molar-refractivity contribution in [2.75, 3.05) is 12.4 Å². The Morgan fingerprint density at radius 3 is 2.33 bits per heavy atom. The van der Waals surface area contributed by atoms with Gasteiger partial charge in [-0.1, -0.05) is 58.4 Å². The van der Waals surface area contributed by atoms with Crippen molar-refractivity contribution in [2.24, 2.45) is 0 Å². The lowest BCUT2D eigenvalue weighted by molar-refractivity contribution is 1.17. The Kier molecular flexibility index (Phi) is 3.97. The van der Waals surface area contributed by atoms with Crippen LogP contribution in [0.25, 0.3) is 22.6 Å². The Bertz CT molecular complexity index is 757. The van der Waals surface area contributed by atoms with Gasteiger partial charge in [-0.3, -0.25) is 0 Å². The highest BCUT2D eigenvalue weighted by Crippen LogP contribution is 2.26. The first kappa shape index (κ1) is 13.8. The summed E-state index contributed by atoms with van der Waals surface area (Å²) in [7, 11) is 1.86. The Labute approximate surface area is 132 Å². The average Bonchev–Trinajstić information content (AvgIpc) is 2.55. The SMILES string of the molecule is CNc1cc(-c2cccc(Br)c2)nc(-c2ccccc2)n1. The first-order valence-electron chi connectivity index (χ1n) is 6.64. The molecule has 0 amide bonds. The summed E-state index contributed by atoms with van der Waals surface area (Å²) in [6.45, 7) is 0. The summed E-state index contributed by atoms with van der Waals surface area (Å²) in [5, 5.41) is 3.10. The number of benzene rings is 2. The first-order valence-corrected chi connectivity index (χ1v) is 7.44. The zero-order valence-corrected chi connectivity index (χ0v) is 13.1. The number of halogens is 1. The van der Waals surface area contributed by atoms with E-state index in [4.69, 9.17) is 4.98 Å². The van der Waals surface area contributed by atoms with E-state index in [1.165, 1.54) is 0 Å². The van der Waals surface area contributed by atoms with E-state index in [1.54, 1.807) is 0 Å². The maximum absolute atomic E-state index is 4.69. The number of hydrogen-bond acceptors (Lipinski definition) is 3. The zero-order valence-electron chi connectivity index (χ0n) is 11.5. The molecule has 0 aliphatic rings. The second-order valence-electron chi connectivity index (χ2n) is 4.59. The molecule has 0 aliphatic heterocycles. The monoisotopic (exact) mass is 339 g/mol. The summed E-state index contributed by atoms with van der Waals surface area (Å²) in [5.41, 5.74) is 2.96. The second-order valence-corrected chi connectivity index (χ2v) is 5.50. The van der Waals surface area contributed by atoms with Gasteiger partial charge in [0.1, 0.15) is 5.82 Å². The van der Waals surface area contributed by atoms with Gasteiger partial charge >= 0.3 is 0 Å². The highest BCUT2D eigenvalue weighted by atomic mass is 79.9. The molecule has 0 bridgehead atoms. The van der Waals surface area contributed by atoms with E-state index >= 15 is 0 Å². The molecule has 0 saturated carbocycles. The van der Waals surface area contributed by atoms with E-state index < -0.39 is 0 Å². The Balaban J connectivity index is 2.14. The van der Waals surface area contributed by atoms with Gasteiger partial charge in [-0.25, -0.2) is 9.97 Å². The molecule has 0 spiro atoms. The fourth-order valence-corrected chi connectivity index (χ4v) is 2.49. The molecule has 3 nitrogen and oxygen atoms in total. The Hall–Kier alpha value is -2.20. The van der Waals surface area contributed by atoms with Gasteiger partial charge in [-0.2, -0.15) is 0 Å². The summed E-state index contributed by atoms with van der Waals surface area (Å²) >= 11 is 3.50. The summed E-state index contributed by atoms with van der Waals surface area (Å²) < 4.78 is 1.03. The predicted octanol–water partition coefficient (Wildman–Crippen LogP) is 4.61. The van der Waals surface area contributed by atoms with Crippen LogP contribution in [0, 0.1) is 0 Å². The van der Waals surface area contributed by atoms with E-state index in [0.717, 1.165) is 32.9 Å². The Morgan fingerprint density at radius 2 is 1.62 bits per heavy atom. The molecule has 1 aromatic heterocycles. The smallest absolute Gasteiger partial charge is 0.162 e. The number of rotatable bonds is 3. The molecule has 21 heavy (non-hydrogen) atoms. The lowest BCUT2D eigenvalue weighted by atomic mass is 10.1. The van der Waals surface area contributed by atoms with Crippen LogP contribution in [0.2, 0.25) is 0 Å². The van der Waals surface area contributed by atoms with Crippen molar-refractivity contribution in [1.29, 1.82) is 0 Å². The van der Waals surface area contributed by atoms with Gasteiger partial charge < -0.3 is 5.32 Å². The van der Waals surface area contributed by atoms with Crippen molar-refractivity contribution in [3.05, 3.63) is 65.1 Å². The fourth-order valence-electron chi connectivity index (χ4n) is 2.09. The fraction of sp³-hybridized carbons (Fsp3) is 0.0588. The molecular weight excluding hydrogens is 326 g/mol. The summed E-state index contributed by atoms with van der Waals surface area (Å²) in [6.07, 6.45) is 0. The molecule has 0 fully saturated rings. The molecule has 4 heteroatoms. The van der Waals surface area contributed by atoms with E-state index in [2.05, 4.69) is 32.3 Å². The molecule has 0 atom stereocenters. The predicted molar refractivity (Wildman–Crippen MR) is 90.2 cm³/mol. The van der Waals surface area contributed by atoms with Crippen LogP contribution in [-0.2, 0) is 0 Å². The van der Waals surface area contributed by atoms with Crippen molar-refractivity contribution < 1.29 is 0 Å². The van der Waals surface area contributed by atoms with Gasteiger partial charge in [0.15, 0.2) is 5.82 Å². The minimum Gasteiger partial charge on any atom is -0.373 e. The van der Waals surface area contributed by atoms with Crippen LogP contribution in [0.1, 0.15) is 0 Å². The second kappa shape index (κ2) is 6.06. The van der Waals surface area contributed by atoms with Crippen molar-refractivity contribution >= 4 is 21.7 Å². The molecular formula is C17H14BrN3. The van der Waals surface area contributed by atoms with E-state index in [9.17, 15) is 0 Å². The van der Waals surface area contributed by atoms with Crippen molar-refractivity contribution in [1.82, 2.24) is 9.97 Å². The van der Waals surface area contributed by atoms with Crippen LogP contribution >= 0.6 is 15.9 Å². The van der Waals surface area contributed by atoms with Crippen LogP contribution < -0.4 is 5.32 Å². The molecule has 0 unspecified atom stereocenters. The van der Waals surface area contributed by atoms with Crippen LogP contribution in [0.5, 0.6) is 0 Å². The van der Waals surface area contributed by atoms with Crippen molar-refractivity contribution in [3.8, 4) is 22.6 Å². The van der Waals surface area contributed by atoms with Gasteiger partial charge in [0.05, 0.1) is 5.69 Å². The molecule has 0 saturated heterocycles. The molecule has 1 heterocycles. The van der Waals surface area contributed by atoms with Crippen molar-refractivity contribution in [2.45, 2.75) is 0 Å². The quantitative estimate of drug-likeness (QED) is 0.756. The summed E-state index contributed by atoms with van der Waals surface area (Å²) in [6, 6.07) is 20.0. The van der Waals surface area contributed by atoms with E-state index in [0.29, 0.717) is 0 Å². The number of nitrogens with zero attached hydrogens (tertiary/aromatic N) is 2. The van der Waals surface area contributed by atoms with Gasteiger partial charge in [0.2, 0.25) is 0 Å². The van der Waals surface area contributed by atoms with E-state index in [1.807, 2.05) is 61.6 Å². The molecule has 0 aliphatic carbocycles. The summed E-state index contributed by atoms with van der Waals surface area (Å²) in [5.74, 6) is 1.52. The summed E-state index contributed by atoms with van der Waals surface area (Å²) in [4.78, 5) is 9.23. The third-order valence-corrected chi connectivity index (χ3v) is 3.63. The van der Waals surface area contributed by atoms with E-state index in [-0.39, 0.29) is 0 Å². The largest absolute Gasteiger partial charge is 0.373 e. The third kappa shape index (κ3) is 3.11. The molecule has 0 radical (unpaired) electrons. The standard InChI is InChI=1S/C17H14BrN3/c1-19-16-11-15(13-8-5-9-14(18)10-13)20-17(21-16)12-6-3-2-4-7-12/h2-11H,1H3,(H,19,20,21). The highest BCUT2D eigenvalue weighted by molar-refractivity contribution is 9.10. The lowest BCUT2D eigenvalue weighted by Crippen LogP contribution is -1.98. The van der Waals surface area contributed by atoms with Gasteiger partial charge in [-0.15, -0.1) is 0 Å². The topological polar surface area (TPSA) is 37.8 Å². The highest BCUT2D eigenvalue weighted by Gasteiger charge is 2.08. The molecule has 3 rings (SSSR count). The lowest BCUT2D eigenvalue weighted by Gasteiger charge is -2.08. The maximum Gasteiger partial charge on any atom is 0.162 e. The van der Waals surface area contributed by atoms with Crippen molar-refractivity contribution in [3.63, 3.8) is 0 Å². The average molecular weight is 340 g/mol. The number of nitrogens with one attached hydrogen (secondary N) is 1. The van der Waals surface area contributed by atoms with Crippen LogP contribution in [0.15, 0.2) is 65.1 Å². The Morgan fingerprint density at radius 1 is 0.857 bits per heavy atom. The molecule has 2 aromatic carbocycles. The number of anilines is 1. The number of hydrogen-bond donors (Lipinski definition) is 1. The number of aromatic nitrogens is 2. The van der Waals surface area contributed by atoms with Crippen LogP contribution in [0.4, 0.5) is 5.82 Å². The van der Waals surface area contributed by atoms with Gasteiger partial charge in [-0.05, 0) is 12.1 Å². The maximum atomic E-state index is 4.69. The third-order valence-electron chi connectivity index (χ3n) is 3.13.